The molecule has 28 heavy (non-hydrogen) atoms. The van der Waals surface area contributed by atoms with Crippen LogP contribution in [0.4, 0.5) is 14.5 Å². The summed E-state index contributed by atoms with van der Waals surface area (Å²) in [6.07, 6.45) is -2.39. The van der Waals surface area contributed by atoms with Gasteiger partial charge in [0.25, 0.3) is 5.91 Å². The normalized spacial score (nSPS) is 12.1. The molecule has 1 aromatic heterocycles. The molecular formula is C19H17F2N3O2S2. The zero-order valence-corrected chi connectivity index (χ0v) is 16.4. The maximum absolute atomic E-state index is 12.7. The van der Waals surface area contributed by atoms with Crippen molar-refractivity contribution in [1.82, 2.24) is 10.3 Å². The molecule has 0 aliphatic heterocycles. The molecule has 1 unspecified atom stereocenters. The molecule has 2 amide bonds. The Kier molecular flexibility index (Phi) is 6.58. The lowest BCUT2D eigenvalue weighted by Gasteiger charge is -2.18. The summed E-state index contributed by atoms with van der Waals surface area (Å²) in [7, 11) is 0. The summed E-state index contributed by atoms with van der Waals surface area (Å²) in [5.74, 6) is -1.00. The number of alkyl halides is 2. The quantitative estimate of drug-likeness (QED) is 0.552. The van der Waals surface area contributed by atoms with E-state index in [1.165, 1.54) is 18.3 Å². The van der Waals surface area contributed by atoms with Crippen molar-refractivity contribution in [2.45, 2.75) is 23.7 Å². The maximum atomic E-state index is 12.7. The van der Waals surface area contributed by atoms with Gasteiger partial charge in [0.05, 0.1) is 16.0 Å². The number of halogens is 2. The maximum Gasteiger partial charge on any atom is 0.251 e. The number of carbonyl (C=O) groups is 2. The molecule has 0 fully saturated rings. The Morgan fingerprint density at radius 2 is 1.93 bits per heavy atom. The first-order chi connectivity index (χ1) is 13.4. The summed E-state index contributed by atoms with van der Waals surface area (Å²) in [4.78, 5) is 28.6. The summed E-state index contributed by atoms with van der Waals surface area (Å²) in [6, 6.07) is 13.3. The average molecular weight is 421 g/mol. The van der Waals surface area contributed by atoms with Crippen LogP contribution in [0.2, 0.25) is 0 Å². The van der Waals surface area contributed by atoms with Crippen molar-refractivity contribution in [2.75, 3.05) is 11.1 Å². The molecule has 146 valence electrons. The van der Waals surface area contributed by atoms with Crippen molar-refractivity contribution < 1.29 is 18.4 Å². The highest BCUT2D eigenvalue weighted by Crippen LogP contribution is 2.32. The second-order valence-electron chi connectivity index (χ2n) is 5.90. The number of benzene rings is 2. The number of anilines is 1. The molecule has 3 rings (SSSR count). The van der Waals surface area contributed by atoms with Crippen molar-refractivity contribution in [3.05, 3.63) is 54.1 Å². The van der Waals surface area contributed by atoms with Crippen LogP contribution in [0, 0.1) is 0 Å². The zero-order chi connectivity index (χ0) is 20.1. The lowest BCUT2D eigenvalue weighted by atomic mass is 10.1. The van der Waals surface area contributed by atoms with Crippen LogP contribution in [0.3, 0.4) is 0 Å². The Bertz CT molecular complexity index is 980. The minimum absolute atomic E-state index is 0.307. The van der Waals surface area contributed by atoms with Gasteiger partial charge in [-0.1, -0.05) is 42.1 Å². The third-order valence-electron chi connectivity index (χ3n) is 3.71. The summed E-state index contributed by atoms with van der Waals surface area (Å²) < 4.78 is 26.1. The Balaban J connectivity index is 1.77. The number of rotatable bonds is 7. The van der Waals surface area contributed by atoms with Gasteiger partial charge in [-0.05, 0) is 23.8 Å². The van der Waals surface area contributed by atoms with Crippen LogP contribution in [0.1, 0.15) is 18.5 Å². The predicted octanol–water partition coefficient (Wildman–Crippen LogP) is 4.47. The van der Waals surface area contributed by atoms with Gasteiger partial charge in [0.15, 0.2) is 4.34 Å². The summed E-state index contributed by atoms with van der Waals surface area (Å²) in [6.45, 7) is 1.35. The zero-order valence-electron chi connectivity index (χ0n) is 14.8. The van der Waals surface area contributed by atoms with E-state index in [1.807, 2.05) is 6.07 Å². The average Bonchev–Trinajstić information content (AvgIpc) is 3.07. The molecule has 1 atom stereocenters. The van der Waals surface area contributed by atoms with Crippen molar-refractivity contribution in [1.29, 1.82) is 0 Å². The van der Waals surface area contributed by atoms with E-state index in [0.29, 0.717) is 21.1 Å². The van der Waals surface area contributed by atoms with Crippen LogP contribution in [0.25, 0.3) is 10.2 Å². The molecule has 0 aliphatic rings. The number of fused-ring (bicyclic) bond motifs is 1. The number of carbonyl (C=O) groups excluding carboxylic acids is 2. The number of thioether (sulfide) groups is 1. The Morgan fingerprint density at radius 1 is 1.18 bits per heavy atom. The van der Waals surface area contributed by atoms with Crippen molar-refractivity contribution in [2.24, 2.45) is 0 Å². The van der Waals surface area contributed by atoms with Crippen LogP contribution in [-0.4, -0.2) is 29.0 Å². The topological polar surface area (TPSA) is 71.1 Å². The minimum Gasteiger partial charge on any atom is -0.341 e. The Morgan fingerprint density at radius 3 is 2.61 bits per heavy atom. The highest BCUT2D eigenvalue weighted by molar-refractivity contribution is 8.01. The fourth-order valence-electron chi connectivity index (χ4n) is 2.54. The molecule has 0 saturated carbocycles. The molecule has 0 saturated heterocycles. The molecule has 0 bridgehead atoms. The number of thiazole rings is 1. The molecule has 2 N–H and O–H groups in total. The summed E-state index contributed by atoms with van der Waals surface area (Å²) in [5.41, 5.74) is 1.89. The molecule has 9 heteroatoms. The van der Waals surface area contributed by atoms with Crippen LogP contribution >= 0.6 is 23.1 Å². The Hall–Kier alpha value is -2.52. The molecule has 5 nitrogen and oxygen atoms in total. The van der Waals surface area contributed by atoms with Crippen LogP contribution in [0.5, 0.6) is 0 Å². The van der Waals surface area contributed by atoms with Crippen LogP contribution in [-0.2, 0) is 9.59 Å². The van der Waals surface area contributed by atoms with E-state index in [-0.39, 0.29) is 17.6 Å². The number of hydrogen-bond acceptors (Lipinski definition) is 5. The van der Waals surface area contributed by atoms with Gasteiger partial charge in [0, 0.05) is 12.6 Å². The molecule has 0 radical (unpaired) electrons. The van der Waals surface area contributed by atoms with E-state index in [0.717, 1.165) is 16.5 Å². The lowest BCUT2D eigenvalue weighted by Crippen LogP contribution is -2.35. The molecule has 1 heterocycles. The van der Waals surface area contributed by atoms with Crippen LogP contribution < -0.4 is 10.6 Å². The fraction of sp³-hybridized carbons (Fsp3) is 0.211. The van der Waals surface area contributed by atoms with Gasteiger partial charge >= 0.3 is 0 Å². The standard InChI is InChI=1S/C19H17F2N3O2S2/c1-11(25)22-17(12-5-3-2-4-6-12)18(26)23-13-7-8-14-15(9-13)28-19(24-14)27-10-16(20)21/h2-9,16-17H,10H2,1H3,(H,22,25)(H,23,26). The first kappa shape index (κ1) is 20.2. The van der Waals surface area contributed by atoms with Crippen LogP contribution in [0.15, 0.2) is 52.9 Å². The van der Waals surface area contributed by atoms with E-state index in [1.54, 1.807) is 42.5 Å². The monoisotopic (exact) mass is 421 g/mol. The van der Waals surface area contributed by atoms with Gasteiger partial charge in [-0.15, -0.1) is 11.3 Å². The number of hydrogen-bond donors (Lipinski definition) is 2. The first-order valence-electron chi connectivity index (χ1n) is 8.37. The van der Waals surface area contributed by atoms with Gasteiger partial charge < -0.3 is 10.6 Å². The van der Waals surface area contributed by atoms with E-state index >= 15 is 0 Å². The van der Waals surface area contributed by atoms with Gasteiger partial charge in [-0.3, -0.25) is 9.59 Å². The number of nitrogens with zero attached hydrogens (tertiary/aromatic N) is 1. The van der Waals surface area contributed by atoms with E-state index in [4.69, 9.17) is 0 Å². The fourth-order valence-corrected chi connectivity index (χ4v) is 4.42. The van der Waals surface area contributed by atoms with Gasteiger partial charge in [0.2, 0.25) is 12.3 Å². The van der Waals surface area contributed by atoms with Crippen molar-refractivity contribution in [3.63, 3.8) is 0 Å². The number of nitrogens with one attached hydrogen (secondary N) is 2. The van der Waals surface area contributed by atoms with E-state index in [9.17, 15) is 18.4 Å². The predicted molar refractivity (Wildman–Crippen MR) is 108 cm³/mol. The minimum atomic E-state index is -2.39. The largest absolute Gasteiger partial charge is 0.341 e. The van der Waals surface area contributed by atoms with Gasteiger partial charge in [-0.2, -0.15) is 0 Å². The summed E-state index contributed by atoms with van der Waals surface area (Å²) >= 11 is 2.30. The highest BCUT2D eigenvalue weighted by atomic mass is 32.2. The highest BCUT2D eigenvalue weighted by Gasteiger charge is 2.21. The van der Waals surface area contributed by atoms with E-state index in [2.05, 4.69) is 15.6 Å². The molecule has 2 aromatic carbocycles. The second kappa shape index (κ2) is 9.11. The molecular weight excluding hydrogens is 404 g/mol. The third-order valence-corrected chi connectivity index (χ3v) is 5.89. The number of amides is 2. The molecule has 0 spiro atoms. The van der Waals surface area contributed by atoms with E-state index < -0.39 is 12.5 Å². The third kappa shape index (κ3) is 5.26. The number of aromatic nitrogens is 1. The SMILES string of the molecule is CC(=O)NC(C(=O)Nc1ccc2nc(SCC(F)F)sc2c1)c1ccccc1. The molecule has 0 aliphatic carbocycles. The van der Waals surface area contributed by atoms with Gasteiger partial charge in [-0.25, -0.2) is 13.8 Å². The lowest BCUT2D eigenvalue weighted by molar-refractivity contribution is -0.125. The smallest absolute Gasteiger partial charge is 0.251 e. The first-order valence-corrected chi connectivity index (χ1v) is 10.2. The molecule has 3 aromatic rings. The second-order valence-corrected chi connectivity index (χ2v) is 8.20. The summed E-state index contributed by atoms with van der Waals surface area (Å²) in [5, 5.41) is 5.45. The Labute approximate surface area is 168 Å². The van der Waals surface area contributed by atoms with Crippen molar-refractivity contribution >= 4 is 50.8 Å². The van der Waals surface area contributed by atoms with Gasteiger partial charge in [0.1, 0.15) is 6.04 Å². The van der Waals surface area contributed by atoms with Crippen molar-refractivity contribution in [3.8, 4) is 0 Å².